The van der Waals surface area contributed by atoms with Crippen LogP contribution in [0.5, 0.6) is 0 Å². The summed E-state index contributed by atoms with van der Waals surface area (Å²) in [6, 6.07) is 9.23. The third kappa shape index (κ3) is 6.39. The maximum absolute atomic E-state index is 4.76. The second-order valence-electron chi connectivity index (χ2n) is 7.30. The topological polar surface area (TPSA) is 68.3 Å². The number of halogens is 1. The van der Waals surface area contributed by atoms with E-state index in [0.717, 1.165) is 57.1 Å². The maximum atomic E-state index is 4.76. The zero-order valence-corrected chi connectivity index (χ0v) is 19.5. The van der Waals surface area contributed by atoms with E-state index in [0.29, 0.717) is 6.04 Å². The zero-order chi connectivity index (χ0) is 19.1. The summed E-state index contributed by atoms with van der Waals surface area (Å²) in [5.74, 6) is 0.928. The molecule has 1 saturated heterocycles. The fraction of sp³-hybridized carbons (Fsp3) is 0.524. The molecule has 28 heavy (non-hydrogen) atoms. The van der Waals surface area contributed by atoms with Gasteiger partial charge in [0, 0.05) is 43.6 Å². The molecule has 1 aromatic heterocycles. The Balaban J connectivity index is 0.00000280. The third-order valence-electron chi connectivity index (χ3n) is 5.08. The van der Waals surface area contributed by atoms with Gasteiger partial charge in [-0.3, -0.25) is 10.1 Å². The summed E-state index contributed by atoms with van der Waals surface area (Å²) in [6.07, 6.45) is 5.08. The molecule has 1 unspecified atom stereocenters. The fourth-order valence-corrected chi connectivity index (χ4v) is 3.47. The van der Waals surface area contributed by atoms with Gasteiger partial charge in [0.25, 0.3) is 0 Å². The second kappa shape index (κ2) is 11.3. The number of nitrogens with zero attached hydrogens (tertiary/aromatic N) is 3. The van der Waals surface area contributed by atoms with E-state index in [4.69, 9.17) is 4.99 Å². The predicted molar refractivity (Wildman–Crippen MR) is 128 cm³/mol. The summed E-state index contributed by atoms with van der Waals surface area (Å²) in [5, 5.41) is 14.1. The van der Waals surface area contributed by atoms with Gasteiger partial charge in [0.05, 0.1) is 6.20 Å². The number of aryl methyl sites for hydroxylation is 3. The molecular formula is C21H33IN6. The van der Waals surface area contributed by atoms with Crippen molar-refractivity contribution < 1.29 is 0 Å². The van der Waals surface area contributed by atoms with E-state index < -0.39 is 0 Å². The summed E-state index contributed by atoms with van der Waals surface area (Å²) in [7, 11) is 0. The van der Waals surface area contributed by atoms with Crippen LogP contribution in [0.4, 0.5) is 5.69 Å². The minimum absolute atomic E-state index is 0. The van der Waals surface area contributed by atoms with Gasteiger partial charge in [0.2, 0.25) is 0 Å². The number of guanidine groups is 1. The Morgan fingerprint density at radius 2 is 2.07 bits per heavy atom. The molecule has 1 aliphatic heterocycles. The quantitative estimate of drug-likeness (QED) is 0.238. The highest BCUT2D eigenvalue weighted by Gasteiger charge is 2.23. The molecule has 3 N–H and O–H groups in total. The Kier molecular flexibility index (Phi) is 9.08. The normalized spacial score (nSPS) is 16.8. The van der Waals surface area contributed by atoms with E-state index in [1.165, 1.54) is 16.8 Å². The van der Waals surface area contributed by atoms with Gasteiger partial charge in [-0.1, -0.05) is 17.7 Å². The number of hydrogen-bond donors (Lipinski definition) is 3. The molecule has 0 radical (unpaired) electrons. The molecular weight excluding hydrogens is 463 g/mol. The summed E-state index contributed by atoms with van der Waals surface area (Å²) in [5.41, 5.74) is 5.06. The van der Waals surface area contributed by atoms with Gasteiger partial charge in [0.1, 0.15) is 0 Å². The smallest absolute Gasteiger partial charge is 0.191 e. The van der Waals surface area contributed by atoms with Crippen molar-refractivity contribution in [1.29, 1.82) is 0 Å². The van der Waals surface area contributed by atoms with Gasteiger partial charge >= 0.3 is 0 Å². The van der Waals surface area contributed by atoms with Crippen molar-refractivity contribution in [2.24, 2.45) is 4.99 Å². The minimum Gasteiger partial charge on any atom is -0.369 e. The highest BCUT2D eigenvalue weighted by Crippen LogP contribution is 2.20. The van der Waals surface area contributed by atoms with Gasteiger partial charge in [-0.25, -0.2) is 0 Å². The number of H-pyrrole nitrogens is 1. The average molecular weight is 496 g/mol. The van der Waals surface area contributed by atoms with Crippen molar-refractivity contribution in [3.8, 4) is 0 Å². The lowest BCUT2D eigenvalue weighted by molar-refractivity contribution is 0.647. The van der Waals surface area contributed by atoms with Crippen molar-refractivity contribution >= 4 is 35.6 Å². The molecule has 0 saturated carbocycles. The molecule has 0 spiro atoms. The van der Waals surface area contributed by atoms with Crippen LogP contribution in [0.15, 0.2) is 35.5 Å². The molecule has 0 aliphatic carbocycles. The van der Waals surface area contributed by atoms with Crippen LogP contribution in [0, 0.1) is 13.8 Å². The monoisotopic (exact) mass is 496 g/mol. The minimum atomic E-state index is 0. The molecule has 0 amide bonds. The number of rotatable bonds is 7. The number of nitrogens with one attached hydrogen (secondary N) is 3. The van der Waals surface area contributed by atoms with Crippen molar-refractivity contribution in [2.75, 3.05) is 31.1 Å². The number of aromatic nitrogens is 2. The summed E-state index contributed by atoms with van der Waals surface area (Å²) >= 11 is 0. The standard InChI is InChI=1S/C21H32N6.HI/c1-4-22-21(23-12-5-6-18-14-24-26-17(18)3)25-19-11-13-27(15-19)20-9-7-16(2)8-10-20;/h7-10,14,19H,4-6,11-13,15H2,1-3H3,(H,24,26)(H2,22,23,25);1H. The Bertz CT molecular complexity index is 740. The van der Waals surface area contributed by atoms with Crippen molar-refractivity contribution in [2.45, 2.75) is 46.1 Å². The number of hydrogen-bond acceptors (Lipinski definition) is 3. The van der Waals surface area contributed by atoms with Gasteiger partial charge < -0.3 is 15.5 Å². The molecule has 1 aliphatic rings. The highest BCUT2D eigenvalue weighted by molar-refractivity contribution is 14.0. The van der Waals surface area contributed by atoms with E-state index in [1.807, 2.05) is 6.20 Å². The molecule has 6 nitrogen and oxygen atoms in total. The van der Waals surface area contributed by atoms with Crippen molar-refractivity contribution in [1.82, 2.24) is 20.8 Å². The van der Waals surface area contributed by atoms with Crippen LogP contribution in [0.25, 0.3) is 0 Å². The lowest BCUT2D eigenvalue weighted by Crippen LogP contribution is -2.44. The molecule has 3 rings (SSSR count). The molecule has 2 aromatic rings. The first-order chi connectivity index (χ1) is 13.2. The second-order valence-corrected chi connectivity index (χ2v) is 7.30. The van der Waals surface area contributed by atoms with Crippen molar-refractivity contribution in [3.63, 3.8) is 0 Å². The van der Waals surface area contributed by atoms with Crippen LogP contribution in [0.1, 0.15) is 36.6 Å². The van der Waals surface area contributed by atoms with Crippen LogP contribution in [-0.2, 0) is 6.42 Å². The summed E-state index contributed by atoms with van der Waals surface area (Å²) in [4.78, 5) is 7.21. The number of aromatic amines is 1. The summed E-state index contributed by atoms with van der Waals surface area (Å²) < 4.78 is 0. The van der Waals surface area contributed by atoms with Crippen LogP contribution in [0.2, 0.25) is 0 Å². The highest BCUT2D eigenvalue weighted by atomic mass is 127. The molecule has 0 bridgehead atoms. The van der Waals surface area contributed by atoms with Gasteiger partial charge in [-0.05, 0) is 57.7 Å². The van der Waals surface area contributed by atoms with E-state index in [9.17, 15) is 0 Å². The number of aliphatic imine (C=N–C) groups is 1. The largest absolute Gasteiger partial charge is 0.369 e. The Hall–Kier alpha value is -1.77. The molecule has 2 heterocycles. The molecule has 1 aromatic carbocycles. The van der Waals surface area contributed by atoms with Crippen LogP contribution < -0.4 is 15.5 Å². The lowest BCUT2D eigenvalue weighted by Gasteiger charge is -2.20. The third-order valence-corrected chi connectivity index (χ3v) is 5.08. The van der Waals surface area contributed by atoms with Crippen molar-refractivity contribution in [3.05, 3.63) is 47.3 Å². The zero-order valence-electron chi connectivity index (χ0n) is 17.2. The Morgan fingerprint density at radius 3 is 2.75 bits per heavy atom. The molecule has 1 atom stereocenters. The SMILES string of the molecule is CCNC(=NCCCc1cn[nH]c1C)NC1CCN(c2ccc(C)cc2)C1.I. The van der Waals surface area contributed by atoms with Crippen LogP contribution in [-0.4, -0.2) is 48.4 Å². The maximum Gasteiger partial charge on any atom is 0.191 e. The first-order valence-electron chi connectivity index (χ1n) is 10.0. The summed E-state index contributed by atoms with van der Waals surface area (Å²) in [6.45, 7) is 10.1. The van der Waals surface area contributed by atoms with Crippen LogP contribution in [0.3, 0.4) is 0 Å². The molecule has 7 heteroatoms. The fourth-order valence-electron chi connectivity index (χ4n) is 3.47. The lowest BCUT2D eigenvalue weighted by atomic mass is 10.1. The first kappa shape index (κ1) is 22.5. The van der Waals surface area contributed by atoms with E-state index in [1.54, 1.807) is 0 Å². The Labute approximate surface area is 185 Å². The predicted octanol–water partition coefficient (Wildman–Crippen LogP) is 3.41. The van der Waals surface area contributed by atoms with Gasteiger partial charge in [0.15, 0.2) is 5.96 Å². The first-order valence-corrected chi connectivity index (χ1v) is 10.0. The van der Waals surface area contributed by atoms with E-state index in [2.05, 4.69) is 70.8 Å². The number of anilines is 1. The van der Waals surface area contributed by atoms with Gasteiger partial charge in [-0.15, -0.1) is 24.0 Å². The van der Waals surface area contributed by atoms with Gasteiger partial charge in [-0.2, -0.15) is 5.10 Å². The Morgan fingerprint density at radius 1 is 1.29 bits per heavy atom. The van der Waals surface area contributed by atoms with E-state index in [-0.39, 0.29) is 24.0 Å². The van der Waals surface area contributed by atoms with Crippen LogP contribution >= 0.6 is 24.0 Å². The van der Waals surface area contributed by atoms with E-state index >= 15 is 0 Å². The molecule has 1 fully saturated rings. The average Bonchev–Trinajstić information content (AvgIpc) is 3.29. The molecule has 154 valence electrons. The number of benzene rings is 1.